The van der Waals surface area contributed by atoms with E-state index in [0.29, 0.717) is 51.5 Å². The fraction of sp³-hybridized carbons (Fsp3) is 0.200. The fourth-order valence-corrected chi connectivity index (χ4v) is 4.64. The summed E-state index contributed by atoms with van der Waals surface area (Å²) in [6, 6.07) is 12.0. The number of nitrogens with zero attached hydrogens (tertiary/aromatic N) is 5. The molecule has 2 aromatic carbocycles. The highest BCUT2D eigenvalue weighted by Gasteiger charge is 2.32. The second kappa shape index (κ2) is 9.71. The molecule has 1 fully saturated rings. The third kappa shape index (κ3) is 4.85. The monoisotopic (exact) mass is 516 g/mol. The lowest BCUT2D eigenvalue weighted by molar-refractivity contribution is -0.132. The highest BCUT2D eigenvalue weighted by Crippen LogP contribution is 2.41. The molecule has 2 N–H and O–H groups in total. The van der Waals surface area contributed by atoms with Crippen molar-refractivity contribution in [2.45, 2.75) is 19.4 Å². The zero-order valence-electron chi connectivity index (χ0n) is 19.8. The van der Waals surface area contributed by atoms with Gasteiger partial charge in [-0.15, -0.1) is 21.5 Å². The number of likely N-dealkylation sites (tertiary alicyclic amines) is 1. The molecular formula is C25H20N6O5S. The minimum absolute atomic E-state index is 0.0862. The molecule has 0 bridgehead atoms. The van der Waals surface area contributed by atoms with Gasteiger partial charge in [0.05, 0.1) is 17.3 Å². The van der Waals surface area contributed by atoms with Crippen LogP contribution < -0.4 is 15.2 Å². The molecule has 5 rings (SSSR count). The largest absolute Gasteiger partial charge is 0.480 e. The lowest BCUT2D eigenvalue weighted by Gasteiger charge is -2.18. The van der Waals surface area contributed by atoms with Crippen molar-refractivity contribution in [1.82, 2.24) is 20.1 Å². The number of aryl methyl sites for hydroxylation is 1. The van der Waals surface area contributed by atoms with Crippen molar-refractivity contribution in [1.29, 1.82) is 5.26 Å². The van der Waals surface area contributed by atoms with Crippen molar-refractivity contribution in [3.8, 4) is 45.3 Å². The summed E-state index contributed by atoms with van der Waals surface area (Å²) < 4.78 is 17.6. The van der Waals surface area contributed by atoms with Crippen LogP contribution in [0.4, 0.5) is 0 Å². The zero-order valence-corrected chi connectivity index (χ0v) is 20.6. The summed E-state index contributed by atoms with van der Waals surface area (Å²) in [6.07, 6.45) is 1.23. The summed E-state index contributed by atoms with van der Waals surface area (Å²) >= 11 is 1.09. The predicted molar refractivity (Wildman–Crippen MR) is 132 cm³/mol. The standard InChI is InChI=1S/C25H20N6O5S/c1-13-29-30-23(34-13)14-3-5-15(6-4-14)35-20-10-16(36-19-7-8-31(2)25(19)33)9-18(22(27)32)21(20)24-28-12-17(11-26)37-24/h3-6,9-10,12,19H,7-8H2,1-2H3,(H2,27,32)/t19-/m0/s1. The van der Waals surface area contributed by atoms with E-state index in [1.54, 1.807) is 49.2 Å². The van der Waals surface area contributed by atoms with E-state index < -0.39 is 12.0 Å². The SMILES string of the molecule is Cc1nnc(-c2ccc(Oc3cc(O[C@H]4CCN(C)C4=O)cc(C(N)=O)c3-c3ncc(C#N)s3)cc2)o1. The maximum atomic E-state index is 12.5. The Bertz CT molecular complexity index is 1540. The summed E-state index contributed by atoms with van der Waals surface area (Å²) in [5, 5.41) is 17.5. The highest BCUT2D eigenvalue weighted by atomic mass is 32.1. The smallest absolute Gasteiger partial charge is 0.263 e. The van der Waals surface area contributed by atoms with Crippen LogP contribution in [0.5, 0.6) is 17.2 Å². The molecule has 2 aromatic heterocycles. The number of thiazole rings is 1. The van der Waals surface area contributed by atoms with Crippen molar-refractivity contribution in [2.24, 2.45) is 5.73 Å². The molecule has 1 aliphatic rings. The van der Waals surface area contributed by atoms with Crippen molar-refractivity contribution in [3.63, 3.8) is 0 Å². The molecule has 0 radical (unpaired) electrons. The number of amides is 2. The first kappa shape index (κ1) is 24.0. The first-order valence-electron chi connectivity index (χ1n) is 11.2. The Morgan fingerprint density at radius 3 is 2.62 bits per heavy atom. The molecule has 2 amide bonds. The lowest BCUT2D eigenvalue weighted by Crippen LogP contribution is -2.29. The minimum Gasteiger partial charge on any atom is -0.480 e. The van der Waals surface area contributed by atoms with Crippen LogP contribution in [0, 0.1) is 18.3 Å². The second-order valence-electron chi connectivity index (χ2n) is 8.26. The number of likely N-dealkylation sites (N-methyl/N-ethyl adjacent to an activating group) is 1. The summed E-state index contributed by atoms with van der Waals surface area (Å²) in [7, 11) is 1.70. The van der Waals surface area contributed by atoms with E-state index in [2.05, 4.69) is 15.2 Å². The molecule has 1 aliphatic heterocycles. The number of aromatic nitrogens is 3. The average Bonchev–Trinajstić information content (AvgIpc) is 3.61. The molecule has 1 atom stereocenters. The maximum absolute atomic E-state index is 12.5. The minimum atomic E-state index is -0.740. The molecule has 0 saturated carbocycles. The Morgan fingerprint density at radius 1 is 1.24 bits per heavy atom. The first-order chi connectivity index (χ1) is 17.8. The van der Waals surface area contributed by atoms with Crippen molar-refractivity contribution < 1.29 is 23.5 Å². The van der Waals surface area contributed by atoms with E-state index in [1.165, 1.54) is 12.3 Å². The van der Waals surface area contributed by atoms with Gasteiger partial charge in [0.2, 0.25) is 17.7 Å². The molecule has 12 heteroatoms. The number of nitriles is 1. The van der Waals surface area contributed by atoms with Crippen LogP contribution >= 0.6 is 11.3 Å². The molecule has 11 nitrogen and oxygen atoms in total. The van der Waals surface area contributed by atoms with Gasteiger partial charge in [0.1, 0.15) is 33.2 Å². The average molecular weight is 517 g/mol. The summed E-state index contributed by atoms with van der Waals surface area (Å²) in [5.41, 5.74) is 6.83. The number of ether oxygens (including phenoxy) is 2. The van der Waals surface area contributed by atoms with E-state index >= 15 is 0 Å². The zero-order chi connectivity index (χ0) is 26.1. The third-order valence-electron chi connectivity index (χ3n) is 5.68. The lowest BCUT2D eigenvalue weighted by atomic mass is 10.1. The van der Waals surface area contributed by atoms with E-state index in [4.69, 9.17) is 19.6 Å². The molecule has 37 heavy (non-hydrogen) atoms. The Morgan fingerprint density at radius 2 is 2.03 bits per heavy atom. The predicted octanol–water partition coefficient (Wildman–Crippen LogP) is 3.54. The van der Waals surface area contributed by atoms with Gasteiger partial charge in [-0.2, -0.15) is 5.26 Å². The van der Waals surface area contributed by atoms with Crippen molar-refractivity contribution in [2.75, 3.05) is 13.6 Å². The summed E-state index contributed by atoms with van der Waals surface area (Å²) in [6.45, 7) is 2.27. The van der Waals surface area contributed by atoms with Crippen LogP contribution in [-0.2, 0) is 4.79 Å². The Kier molecular flexibility index (Phi) is 6.29. The molecule has 0 unspecified atom stereocenters. The number of rotatable bonds is 7. The number of primary amides is 1. The van der Waals surface area contributed by atoms with Crippen LogP contribution in [0.1, 0.15) is 27.5 Å². The Hall–Kier alpha value is -4.76. The van der Waals surface area contributed by atoms with Crippen LogP contribution in [0.3, 0.4) is 0 Å². The van der Waals surface area contributed by atoms with Gasteiger partial charge in [-0.25, -0.2) is 4.98 Å². The number of hydrogen-bond acceptors (Lipinski definition) is 10. The second-order valence-corrected chi connectivity index (χ2v) is 9.29. The van der Waals surface area contributed by atoms with Gasteiger partial charge >= 0.3 is 0 Å². The maximum Gasteiger partial charge on any atom is 0.263 e. The van der Waals surface area contributed by atoms with Crippen LogP contribution in [0.2, 0.25) is 0 Å². The number of carbonyl (C=O) groups is 2. The van der Waals surface area contributed by atoms with Crippen LogP contribution in [-0.4, -0.2) is 51.6 Å². The number of carbonyl (C=O) groups excluding carboxylic acids is 2. The van der Waals surface area contributed by atoms with Gasteiger partial charge in [-0.05, 0) is 30.3 Å². The molecule has 3 heterocycles. The number of benzene rings is 2. The molecule has 0 spiro atoms. The molecular weight excluding hydrogens is 496 g/mol. The van der Waals surface area contributed by atoms with E-state index in [0.717, 1.165) is 11.3 Å². The van der Waals surface area contributed by atoms with Gasteiger partial charge in [0.25, 0.3) is 5.91 Å². The highest BCUT2D eigenvalue weighted by molar-refractivity contribution is 7.15. The summed E-state index contributed by atoms with van der Waals surface area (Å²) in [5.74, 6) is 0.828. The van der Waals surface area contributed by atoms with Gasteiger partial charge in [-0.3, -0.25) is 9.59 Å². The van der Waals surface area contributed by atoms with Crippen molar-refractivity contribution in [3.05, 3.63) is 58.9 Å². The molecule has 4 aromatic rings. The third-order valence-corrected chi connectivity index (χ3v) is 6.60. The molecule has 1 saturated heterocycles. The van der Waals surface area contributed by atoms with Crippen LogP contribution in [0.15, 0.2) is 47.0 Å². The summed E-state index contributed by atoms with van der Waals surface area (Å²) in [4.78, 5) is 31.1. The molecule has 0 aliphatic carbocycles. The normalized spacial score (nSPS) is 15.0. The van der Waals surface area contributed by atoms with Gasteiger partial charge in [-0.1, -0.05) is 0 Å². The first-order valence-corrected chi connectivity index (χ1v) is 12.0. The Balaban J connectivity index is 1.56. The van der Waals surface area contributed by atoms with E-state index in [1.807, 2.05) is 6.07 Å². The molecule has 186 valence electrons. The van der Waals surface area contributed by atoms with E-state index in [-0.39, 0.29) is 23.0 Å². The number of hydrogen-bond donors (Lipinski definition) is 1. The Labute approximate surface area is 215 Å². The van der Waals surface area contributed by atoms with Gasteiger partial charge in [0, 0.05) is 38.6 Å². The quantitative estimate of drug-likeness (QED) is 0.388. The van der Waals surface area contributed by atoms with Gasteiger partial charge < -0.3 is 24.5 Å². The van der Waals surface area contributed by atoms with E-state index in [9.17, 15) is 14.9 Å². The number of nitrogens with two attached hydrogens (primary N) is 1. The van der Waals surface area contributed by atoms with Crippen LogP contribution in [0.25, 0.3) is 22.0 Å². The van der Waals surface area contributed by atoms with Gasteiger partial charge in [0.15, 0.2) is 6.10 Å². The topological polar surface area (TPSA) is 157 Å². The van der Waals surface area contributed by atoms with Crippen molar-refractivity contribution >= 4 is 23.2 Å². The fourth-order valence-electron chi connectivity index (χ4n) is 3.86.